The first kappa shape index (κ1) is 15.2. The summed E-state index contributed by atoms with van der Waals surface area (Å²) in [5.41, 5.74) is 4.79. The third-order valence-corrected chi connectivity index (χ3v) is 3.53. The fraction of sp³-hybridized carbons (Fsp3) is 0.923. The van der Waals surface area contributed by atoms with Crippen LogP contribution in [0.25, 0.3) is 0 Å². The summed E-state index contributed by atoms with van der Waals surface area (Å²) in [4.78, 5) is 11.9. The van der Waals surface area contributed by atoms with Crippen LogP contribution in [0.15, 0.2) is 0 Å². The molecule has 1 atom stereocenters. The van der Waals surface area contributed by atoms with Crippen LogP contribution in [-0.2, 0) is 4.74 Å². The minimum absolute atomic E-state index is 0.00764. The Bertz CT molecular complexity index is 276. The van der Waals surface area contributed by atoms with Gasteiger partial charge in [-0.3, -0.25) is 0 Å². The van der Waals surface area contributed by atoms with Crippen LogP contribution < -0.4 is 11.1 Å². The Hall–Kier alpha value is -0.810. The van der Waals surface area contributed by atoms with E-state index in [1.165, 1.54) is 0 Å². The highest BCUT2D eigenvalue weighted by molar-refractivity contribution is 5.69. The smallest absolute Gasteiger partial charge is 0.408 e. The van der Waals surface area contributed by atoms with Crippen LogP contribution in [0.5, 0.6) is 0 Å². The first-order valence-corrected chi connectivity index (χ1v) is 6.65. The second kappa shape index (κ2) is 5.89. The molecule has 0 bridgehead atoms. The minimum Gasteiger partial charge on any atom is -0.444 e. The van der Waals surface area contributed by atoms with E-state index in [0.717, 1.165) is 25.7 Å². The van der Waals surface area contributed by atoms with Gasteiger partial charge in [-0.1, -0.05) is 12.8 Å². The fourth-order valence-electron chi connectivity index (χ4n) is 2.62. The zero-order valence-electron chi connectivity index (χ0n) is 11.7. The molecule has 1 aliphatic rings. The van der Waals surface area contributed by atoms with Crippen LogP contribution in [0.4, 0.5) is 4.79 Å². The van der Waals surface area contributed by atoms with E-state index in [9.17, 15) is 9.90 Å². The molecule has 1 saturated carbocycles. The minimum atomic E-state index is -0.513. The molecule has 5 heteroatoms. The van der Waals surface area contributed by atoms with Crippen molar-refractivity contribution >= 4 is 6.09 Å². The SMILES string of the molecule is CC(C)(C)OC(=O)NC1(C(CN)CO)CCCC1. The number of amides is 1. The summed E-state index contributed by atoms with van der Waals surface area (Å²) >= 11 is 0. The molecular formula is C13H26N2O3. The number of alkyl carbamates (subject to hydrolysis) is 1. The van der Waals surface area contributed by atoms with Crippen LogP contribution in [0.3, 0.4) is 0 Å². The van der Waals surface area contributed by atoms with Gasteiger partial charge in [0.2, 0.25) is 0 Å². The number of carbonyl (C=O) groups is 1. The molecule has 106 valence electrons. The number of aliphatic hydroxyl groups excluding tert-OH is 1. The van der Waals surface area contributed by atoms with Crippen LogP contribution in [0.2, 0.25) is 0 Å². The lowest BCUT2D eigenvalue weighted by Gasteiger charge is -2.37. The van der Waals surface area contributed by atoms with Gasteiger partial charge in [-0.15, -0.1) is 0 Å². The van der Waals surface area contributed by atoms with Gasteiger partial charge in [0.1, 0.15) is 5.60 Å². The first-order chi connectivity index (χ1) is 8.33. The average Bonchev–Trinajstić information content (AvgIpc) is 2.65. The summed E-state index contributed by atoms with van der Waals surface area (Å²) in [6.45, 7) is 5.86. The lowest BCUT2D eigenvalue weighted by atomic mass is 9.82. The molecule has 0 radical (unpaired) electrons. The Kier molecular flexibility index (Phi) is 4.99. The van der Waals surface area contributed by atoms with Crippen molar-refractivity contribution in [3.8, 4) is 0 Å². The zero-order valence-corrected chi connectivity index (χ0v) is 11.7. The summed E-state index contributed by atoms with van der Waals surface area (Å²) < 4.78 is 5.29. The maximum atomic E-state index is 11.9. The van der Waals surface area contributed by atoms with Gasteiger partial charge in [0.25, 0.3) is 0 Å². The molecule has 0 aromatic carbocycles. The second-order valence-corrected chi connectivity index (χ2v) is 6.11. The molecule has 5 nitrogen and oxygen atoms in total. The highest BCUT2D eigenvalue weighted by Gasteiger charge is 2.42. The zero-order chi connectivity index (χ0) is 13.8. The standard InChI is InChI=1S/C13H26N2O3/c1-12(2,3)18-11(17)15-13(6-4-5-7-13)10(8-14)9-16/h10,16H,4-9,14H2,1-3H3,(H,15,17). The number of nitrogens with one attached hydrogen (secondary N) is 1. The van der Waals surface area contributed by atoms with Crippen molar-refractivity contribution in [3.05, 3.63) is 0 Å². The van der Waals surface area contributed by atoms with Gasteiger partial charge in [-0.25, -0.2) is 4.79 Å². The summed E-state index contributed by atoms with van der Waals surface area (Å²) in [7, 11) is 0. The van der Waals surface area contributed by atoms with Crippen molar-refractivity contribution in [2.24, 2.45) is 11.7 Å². The Balaban J connectivity index is 2.71. The van der Waals surface area contributed by atoms with E-state index >= 15 is 0 Å². The van der Waals surface area contributed by atoms with E-state index in [-0.39, 0.29) is 12.5 Å². The van der Waals surface area contributed by atoms with Gasteiger partial charge >= 0.3 is 6.09 Å². The molecule has 4 N–H and O–H groups in total. The van der Waals surface area contributed by atoms with E-state index in [4.69, 9.17) is 10.5 Å². The van der Waals surface area contributed by atoms with Crippen LogP contribution in [0.1, 0.15) is 46.5 Å². The molecule has 1 fully saturated rings. The first-order valence-electron chi connectivity index (χ1n) is 6.65. The number of ether oxygens (including phenoxy) is 1. The second-order valence-electron chi connectivity index (χ2n) is 6.11. The van der Waals surface area contributed by atoms with Gasteiger partial charge in [-0.05, 0) is 40.2 Å². The lowest BCUT2D eigenvalue weighted by molar-refractivity contribution is 0.0372. The Morgan fingerprint density at radius 1 is 1.44 bits per heavy atom. The molecule has 0 spiro atoms. The van der Waals surface area contributed by atoms with Crippen molar-refractivity contribution in [3.63, 3.8) is 0 Å². The van der Waals surface area contributed by atoms with Crippen molar-refractivity contribution in [2.45, 2.75) is 57.6 Å². The number of aliphatic hydroxyl groups is 1. The molecule has 1 aliphatic carbocycles. The van der Waals surface area contributed by atoms with E-state index in [1.807, 2.05) is 20.8 Å². The maximum absolute atomic E-state index is 11.9. The highest BCUT2D eigenvalue weighted by Crippen LogP contribution is 2.36. The average molecular weight is 258 g/mol. The van der Waals surface area contributed by atoms with Gasteiger partial charge < -0.3 is 20.9 Å². The monoisotopic (exact) mass is 258 g/mol. The van der Waals surface area contributed by atoms with E-state index in [0.29, 0.717) is 6.54 Å². The Morgan fingerprint density at radius 2 is 2.00 bits per heavy atom. The summed E-state index contributed by atoms with van der Waals surface area (Å²) in [5, 5.41) is 12.4. The number of rotatable bonds is 4. The predicted octanol–water partition coefficient (Wildman–Crippen LogP) is 1.39. The normalized spacial score (nSPS) is 20.5. The summed E-state index contributed by atoms with van der Waals surface area (Å²) in [6.07, 6.45) is 3.39. The Labute approximate surface area is 109 Å². The van der Waals surface area contributed by atoms with Crippen molar-refractivity contribution < 1.29 is 14.6 Å². The number of hydrogen-bond donors (Lipinski definition) is 3. The predicted molar refractivity (Wildman–Crippen MR) is 70.2 cm³/mol. The third-order valence-electron chi connectivity index (χ3n) is 3.53. The van der Waals surface area contributed by atoms with Crippen molar-refractivity contribution in [1.29, 1.82) is 0 Å². The molecule has 1 amide bonds. The molecule has 18 heavy (non-hydrogen) atoms. The van der Waals surface area contributed by atoms with Crippen molar-refractivity contribution in [2.75, 3.05) is 13.2 Å². The molecule has 1 unspecified atom stereocenters. The largest absolute Gasteiger partial charge is 0.444 e. The lowest BCUT2D eigenvalue weighted by Crippen LogP contribution is -2.56. The van der Waals surface area contributed by atoms with Crippen LogP contribution in [-0.4, -0.2) is 35.5 Å². The maximum Gasteiger partial charge on any atom is 0.408 e. The van der Waals surface area contributed by atoms with Crippen molar-refractivity contribution in [1.82, 2.24) is 5.32 Å². The topological polar surface area (TPSA) is 84.6 Å². The molecule has 0 aromatic heterocycles. The quantitative estimate of drug-likeness (QED) is 0.711. The fourth-order valence-corrected chi connectivity index (χ4v) is 2.62. The van der Waals surface area contributed by atoms with Gasteiger partial charge in [0.05, 0.1) is 0 Å². The highest BCUT2D eigenvalue weighted by atomic mass is 16.6. The number of carbonyl (C=O) groups excluding carboxylic acids is 1. The molecular weight excluding hydrogens is 232 g/mol. The Morgan fingerprint density at radius 3 is 2.39 bits per heavy atom. The van der Waals surface area contributed by atoms with Gasteiger partial charge in [-0.2, -0.15) is 0 Å². The molecule has 1 rings (SSSR count). The van der Waals surface area contributed by atoms with Crippen LogP contribution in [0, 0.1) is 5.92 Å². The van der Waals surface area contributed by atoms with Gasteiger partial charge in [0.15, 0.2) is 0 Å². The number of hydrogen-bond acceptors (Lipinski definition) is 4. The number of nitrogens with two attached hydrogens (primary N) is 1. The summed E-state index contributed by atoms with van der Waals surface area (Å²) in [6, 6.07) is 0. The van der Waals surface area contributed by atoms with Crippen LogP contribution >= 0.6 is 0 Å². The molecule has 0 aliphatic heterocycles. The molecule has 0 saturated heterocycles. The van der Waals surface area contributed by atoms with E-state index in [2.05, 4.69) is 5.32 Å². The third kappa shape index (κ3) is 3.85. The molecule has 0 heterocycles. The molecule has 0 aromatic rings. The summed E-state index contributed by atoms with van der Waals surface area (Å²) in [5.74, 6) is -0.104. The van der Waals surface area contributed by atoms with E-state index < -0.39 is 17.2 Å². The van der Waals surface area contributed by atoms with E-state index in [1.54, 1.807) is 0 Å². The van der Waals surface area contributed by atoms with Gasteiger partial charge in [0, 0.05) is 18.1 Å².